The largest absolute Gasteiger partial charge is 0.484 e. The Labute approximate surface area is 196 Å². The zero-order valence-corrected chi connectivity index (χ0v) is 19.1. The molecule has 0 aliphatic rings. The van der Waals surface area contributed by atoms with Gasteiger partial charge in [-0.05, 0) is 48.5 Å². The summed E-state index contributed by atoms with van der Waals surface area (Å²) in [7, 11) is 0. The minimum Gasteiger partial charge on any atom is -0.484 e. The molecule has 0 bridgehead atoms. The number of esters is 1. The van der Waals surface area contributed by atoms with Gasteiger partial charge in [-0.1, -0.05) is 41.9 Å². The highest BCUT2D eigenvalue weighted by atomic mass is 35.5. The van der Waals surface area contributed by atoms with Crippen LogP contribution in [0.1, 0.15) is 24.0 Å². The fraction of sp³-hybridized carbons (Fsp3) is 0.273. The van der Waals surface area contributed by atoms with Crippen LogP contribution in [0.15, 0.2) is 48.5 Å². The molecule has 0 radical (unpaired) electrons. The number of aryl methyl sites for hydroxylation is 1. The van der Waals surface area contributed by atoms with Gasteiger partial charge in [-0.15, -0.1) is 0 Å². The molecular weight excluding hydrogens is 454 g/mol. The first-order valence-electron chi connectivity index (χ1n) is 9.80. The molecule has 170 valence electrons. The van der Waals surface area contributed by atoms with Gasteiger partial charge < -0.3 is 14.8 Å². The van der Waals surface area contributed by atoms with Gasteiger partial charge in [0.25, 0.3) is 5.91 Å². The van der Waals surface area contributed by atoms with Gasteiger partial charge in [0.2, 0.25) is 5.91 Å². The van der Waals surface area contributed by atoms with Crippen LogP contribution in [0, 0.1) is 6.92 Å². The minimum absolute atomic E-state index is 0.0794. The molecule has 32 heavy (non-hydrogen) atoms. The Morgan fingerprint density at radius 1 is 1.00 bits per heavy atom. The molecular formula is C22H24ClN3O5S. The molecule has 0 heterocycles. The van der Waals surface area contributed by atoms with Crippen molar-refractivity contribution in [2.45, 2.75) is 26.2 Å². The summed E-state index contributed by atoms with van der Waals surface area (Å²) in [6.07, 6.45) is 0.427. The van der Waals surface area contributed by atoms with Gasteiger partial charge in [-0.2, -0.15) is 0 Å². The molecule has 2 aromatic carbocycles. The van der Waals surface area contributed by atoms with Crippen molar-refractivity contribution in [3.8, 4) is 5.75 Å². The molecule has 10 heteroatoms. The number of thiocarbonyl (C=S) groups is 1. The Morgan fingerprint density at radius 2 is 1.75 bits per heavy atom. The molecule has 0 aliphatic carbocycles. The maximum atomic E-state index is 11.9. The van der Waals surface area contributed by atoms with Gasteiger partial charge in [0, 0.05) is 17.9 Å². The topological polar surface area (TPSA) is 106 Å². The highest BCUT2D eigenvalue weighted by Gasteiger charge is 2.10. The lowest BCUT2D eigenvalue weighted by Crippen LogP contribution is -2.49. The van der Waals surface area contributed by atoms with Crippen LogP contribution in [0.2, 0.25) is 5.02 Å². The van der Waals surface area contributed by atoms with Gasteiger partial charge in [0.1, 0.15) is 5.75 Å². The van der Waals surface area contributed by atoms with Crippen LogP contribution in [-0.2, 0) is 25.5 Å². The number of hydrazine groups is 1. The molecule has 0 saturated carbocycles. The summed E-state index contributed by atoms with van der Waals surface area (Å²) in [6, 6.07) is 14.6. The average Bonchev–Trinajstić information content (AvgIpc) is 2.78. The normalized spacial score (nSPS) is 10.1. The van der Waals surface area contributed by atoms with Crippen LogP contribution in [0.3, 0.4) is 0 Å². The van der Waals surface area contributed by atoms with Crippen molar-refractivity contribution in [1.82, 2.24) is 16.2 Å². The van der Waals surface area contributed by atoms with Crippen LogP contribution in [0.25, 0.3) is 0 Å². The molecule has 2 rings (SSSR count). The smallest absolute Gasteiger partial charge is 0.306 e. The number of carbonyl (C=O) groups is 3. The van der Waals surface area contributed by atoms with E-state index in [4.69, 9.17) is 33.3 Å². The van der Waals surface area contributed by atoms with Crippen LogP contribution in [0.4, 0.5) is 0 Å². The fourth-order valence-electron chi connectivity index (χ4n) is 2.45. The summed E-state index contributed by atoms with van der Waals surface area (Å²) in [5, 5.41) is 2.86. The molecule has 0 atom stereocenters. The van der Waals surface area contributed by atoms with Gasteiger partial charge >= 0.3 is 5.97 Å². The fourth-order valence-corrected chi connectivity index (χ4v) is 2.74. The lowest BCUT2D eigenvalue weighted by Gasteiger charge is -2.12. The average molecular weight is 478 g/mol. The molecule has 0 spiro atoms. The summed E-state index contributed by atoms with van der Waals surface area (Å²) in [5.41, 5.74) is 6.58. The number of hydrogen-bond donors (Lipinski definition) is 3. The van der Waals surface area contributed by atoms with Crippen LogP contribution in [-0.4, -0.2) is 36.1 Å². The van der Waals surface area contributed by atoms with Crippen molar-refractivity contribution in [3.63, 3.8) is 0 Å². The van der Waals surface area contributed by atoms with Crippen molar-refractivity contribution in [2.24, 2.45) is 0 Å². The van der Waals surface area contributed by atoms with Crippen LogP contribution in [0.5, 0.6) is 5.75 Å². The summed E-state index contributed by atoms with van der Waals surface area (Å²) < 4.78 is 10.5. The minimum atomic E-state index is -0.504. The van der Waals surface area contributed by atoms with E-state index < -0.39 is 17.8 Å². The summed E-state index contributed by atoms with van der Waals surface area (Å²) in [6.45, 7) is 1.80. The number of rotatable bonds is 9. The zero-order valence-electron chi connectivity index (χ0n) is 17.5. The lowest BCUT2D eigenvalue weighted by atomic mass is 10.2. The Bertz CT molecular complexity index is 956. The molecule has 3 N–H and O–H groups in total. The summed E-state index contributed by atoms with van der Waals surface area (Å²) in [5.74, 6) is -0.965. The third-order valence-corrected chi connectivity index (χ3v) is 4.75. The van der Waals surface area contributed by atoms with Crippen LogP contribution < -0.4 is 20.9 Å². The number of halogens is 1. The van der Waals surface area contributed by atoms with E-state index in [1.807, 2.05) is 37.3 Å². The van der Waals surface area contributed by atoms with Gasteiger partial charge in [0.05, 0.1) is 13.0 Å². The summed E-state index contributed by atoms with van der Waals surface area (Å²) in [4.78, 5) is 35.4. The molecule has 0 saturated heterocycles. The predicted molar refractivity (Wildman–Crippen MR) is 124 cm³/mol. The van der Waals surface area contributed by atoms with E-state index in [0.29, 0.717) is 17.2 Å². The lowest BCUT2D eigenvalue weighted by molar-refractivity contribution is -0.144. The van der Waals surface area contributed by atoms with Crippen molar-refractivity contribution < 1.29 is 23.9 Å². The number of amides is 2. The molecule has 0 unspecified atom stereocenters. The number of benzene rings is 2. The van der Waals surface area contributed by atoms with Gasteiger partial charge in [-0.3, -0.25) is 25.2 Å². The van der Waals surface area contributed by atoms with Gasteiger partial charge in [0.15, 0.2) is 11.7 Å². The monoisotopic (exact) mass is 477 g/mol. The molecule has 0 fully saturated rings. The highest BCUT2D eigenvalue weighted by Crippen LogP contribution is 2.20. The first-order chi connectivity index (χ1) is 15.3. The van der Waals surface area contributed by atoms with E-state index in [9.17, 15) is 14.4 Å². The SMILES string of the molecule is Cc1cc(OCC(=O)NNC(=S)NC(=O)CCC(=O)OCCc2ccccc2)ccc1Cl. The van der Waals surface area contributed by atoms with Crippen molar-refractivity contribution in [3.05, 3.63) is 64.7 Å². The number of carbonyl (C=O) groups excluding carboxylic acids is 3. The first kappa shape index (κ1) is 25.1. The molecule has 2 aromatic rings. The first-order valence-corrected chi connectivity index (χ1v) is 10.6. The van der Waals surface area contributed by atoms with Crippen LogP contribution >= 0.6 is 23.8 Å². The Kier molecular flexibility index (Phi) is 10.4. The quantitative estimate of drug-likeness (QED) is 0.289. The van der Waals surface area contributed by atoms with E-state index >= 15 is 0 Å². The predicted octanol–water partition coefficient (Wildman–Crippen LogP) is 2.62. The van der Waals surface area contributed by atoms with E-state index in [2.05, 4.69) is 16.2 Å². The number of nitrogens with one attached hydrogen (secondary N) is 3. The third kappa shape index (κ3) is 9.76. The third-order valence-electron chi connectivity index (χ3n) is 4.12. The van der Waals surface area contributed by atoms with E-state index in [1.165, 1.54) is 0 Å². The molecule has 8 nitrogen and oxygen atoms in total. The van der Waals surface area contributed by atoms with Crippen molar-refractivity contribution in [1.29, 1.82) is 0 Å². The van der Waals surface area contributed by atoms with Gasteiger partial charge in [-0.25, -0.2) is 0 Å². The number of hydrogen-bond acceptors (Lipinski definition) is 6. The maximum absolute atomic E-state index is 11.9. The zero-order chi connectivity index (χ0) is 23.3. The molecule has 2 amide bonds. The van der Waals surface area contributed by atoms with E-state index in [1.54, 1.807) is 18.2 Å². The van der Waals surface area contributed by atoms with E-state index in [0.717, 1.165) is 11.1 Å². The van der Waals surface area contributed by atoms with E-state index in [-0.39, 0.29) is 31.2 Å². The number of ether oxygens (including phenoxy) is 2. The second-order valence-corrected chi connectivity index (χ2v) is 7.52. The highest BCUT2D eigenvalue weighted by molar-refractivity contribution is 7.80. The second-order valence-electron chi connectivity index (χ2n) is 6.71. The van der Waals surface area contributed by atoms with Crippen molar-refractivity contribution in [2.75, 3.05) is 13.2 Å². The Hall–Kier alpha value is -3.17. The second kappa shape index (κ2) is 13.3. The Balaban J connectivity index is 1.56. The molecule has 0 aromatic heterocycles. The van der Waals surface area contributed by atoms with Crippen molar-refractivity contribution >= 4 is 46.7 Å². The molecule has 0 aliphatic heterocycles. The summed E-state index contributed by atoms with van der Waals surface area (Å²) >= 11 is 10.9. The Morgan fingerprint density at radius 3 is 2.47 bits per heavy atom. The standard InChI is InChI=1S/C22H24ClN3O5S/c1-15-13-17(7-8-18(15)23)31-14-20(28)25-26-22(32)24-19(27)9-10-21(29)30-12-11-16-5-3-2-4-6-16/h2-8,13H,9-12,14H2,1H3,(H,25,28)(H2,24,26,27,32). The maximum Gasteiger partial charge on any atom is 0.306 e.